The fraction of sp³-hybridized carbons (Fsp3) is 0.588. The van der Waals surface area contributed by atoms with Crippen molar-refractivity contribution in [3.8, 4) is 0 Å². The van der Waals surface area contributed by atoms with E-state index in [0.717, 1.165) is 31.1 Å². The van der Waals surface area contributed by atoms with Gasteiger partial charge in [-0.05, 0) is 48.9 Å². The number of carbonyl (C=O) groups excluding carboxylic acids is 1. The summed E-state index contributed by atoms with van der Waals surface area (Å²) in [6.07, 6.45) is 3.80. The van der Waals surface area contributed by atoms with Gasteiger partial charge in [0.1, 0.15) is 12.1 Å². The Morgan fingerprint density at radius 2 is 2.00 bits per heavy atom. The van der Waals surface area contributed by atoms with Gasteiger partial charge in [-0.25, -0.2) is 4.39 Å². The van der Waals surface area contributed by atoms with E-state index in [1.165, 1.54) is 12.1 Å². The molecule has 0 saturated heterocycles. The molecule has 1 aromatic carbocycles. The fourth-order valence-electron chi connectivity index (χ4n) is 2.74. The Morgan fingerprint density at radius 3 is 2.52 bits per heavy atom. The predicted octanol–water partition coefficient (Wildman–Crippen LogP) is 3.55. The smallest absolute Gasteiger partial charge is 0.127 e. The highest BCUT2D eigenvalue weighted by molar-refractivity contribution is 5.69. The molecule has 21 heavy (non-hydrogen) atoms. The Hall–Kier alpha value is -1.42. The number of hydrogen-bond donors (Lipinski definition) is 2. The highest BCUT2D eigenvalue weighted by Crippen LogP contribution is 2.34. The van der Waals surface area contributed by atoms with Gasteiger partial charge in [0.25, 0.3) is 0 Å². The van der Waals surface area contributed by atoms with Crippen LogP contribution < -0.4 is 11.1 Å². The zero-order valence-electron chi connectivity index (χ0n) is 13.2. The summed E-state index contributed by atoms with van der Waals surface area (Å²) in [5.74, 6) is 0.252. The number of aldehydes is 1. The summed E-state index contributed by atoms with van der Waals surface area (Å²) >= 11 is 0. The minimum absolute atomic E-state index is 0.201. The van der Waals surface area contributed by atoms with E-state index in [-0.39, 0.29) is 17.7 Å². The lowest BCUT2D eigenvalue weighted by Gasteiger charge is -2.25. The van der Waals surface area contributed by atoms with Crippen LogP contribution in [-0.2, 0) is 4.79 Å². The van der Waals surface area contributed by atoms with Crippen molar-refractivity contribution < 1.29 is 9.18 Å². The number of anilines is 1. The van der Waals surface area contributed by atoms with Gasteiger partial charge in [-0.3, -0.25) is 0 Å². The Kier molecular flexibility index (Phi) is 7.37. The van der Waals surface area contributed by atoms with Crippen LogP contribution >= 0.6 is 0 Å². The van der Waals surface area contributed by atoms with Gasteiger partial charge in [0.05, 0.1) is 0 Å². The van der Waals surface area contributed by atoms with Crippen LogP contribution in [0.3, 0.4) is 0 Å². The van der Waals surface area contributed by atoms with Gasteiger partial charge in [-0.2, -0.15) is 0 Å². The second-order valence-corrected chi connectivity index (χ2v) is 5.95. The molecule has 0 radical (unpaired) electrons. The van der Waals surface area contributed by atoms with Crippen molar-refractivity contribution in [2.45, 2.75) is 39.0 Å². The van der Waals surface area contributed by atoms with Gasteiger partial charge in [-0.1, -0.05) is 26.3 Å². The molecule has 0 aromatic heterocycles. The average Bonchev–Trinajstić information content (AvgIpc) is 2.46. The monoisotopic (exact) mass is 294 g/mol. The Bertz CT molecular complexity index is 448. The van der Waals surface area contributed by atoms with Gasteiger partial charge in [-0.15, -0.1) is 0 Å². The first-order valence-electron chi connectivity index (χ1n) is 7.66. The molecule has 2 atom stereocenters. The standard InChI is InChI=1S/C17H27FN2O/c1-12(2)4-5-13(8-9-19)16(11-21)15-7-6-14(18)10-17(15)20-3/h6-7,10-13,16,20H,4-5,8-9,19H2,1-3H3. The van der Waals surface area contributed by atoms with Crippen LogP contribution in [0.4, 0.5) is 10.1 Å². The van der Waals surface area contributed by atoms with Crippen molar-refractivity contribution in [3.63, 3.8) is 0 Å². The van der Waals surface area contributed by atoms with Crippen molar-refractivity contribution in [1.29, 1.82) is 0 Å². The van der Waals surface area contributed by atoms with Crippen LogP contribution in [0.15, 0.2) is 18.2 Å². The lowest BCUT2D eigenvalue weighted by molar-refractivity contribution is -0.110. The molecular weight excluding hydrogens is 267 g/mol. The van der Waals surface area contributed by atoms with Crippen LogP contribution in [0, 0.1) is 17.7 Å². The van der Waals surface area contributed by atoms with E-state index in [1.54, 1.807) is 13.1 Å². The summed E-state index contributed by atoms with van der Waals surface area (Å²) in [7, 11) is 1.74. The van der Waals surface area contributed by atoms with Crippen LogP contribution in [0.25, 0.3) is 0 Å². The molecule has 1 aromatic rings. The second-order valence-electron chi connectivity index (χ2n) is 5.95. The molecule has 0 fully saturated rings. The summed E-state index contributed by atoms with van der Waals surface area (Å²) < 4.78 is 13.4. The predicted molar refractivity (Wildman–Crippen MR) is 86.0 cm³/mol. The van der Waals surface area contributed by atoms with E-state index >= 15 is 0 Å². The Balaban J connectivity index is 3.04. The Morgan fingerprint density at radius 1 is 1.29 bits per heavy atom. The Labute approximate surface area is 127 Å². The van der Waals surface area contributed by atoms with Crippen molar-refractivity contribution in [1.82, 2.24) is 0 Å². The topological polar surface area (TPSA) is 55.1 Å². The first-order valence-corrected chi connectivity index (χ1v) is 7.66. The van der Waals surface area contributed by atoms with Gasteiger partial charge >= 0.3 is 0 Å². The van der Waals surface area contributed by atoms with E-state index in [2.05, 4.69) is 19.2 Å². The third-order valence-corrected chi connectivity index (χ3v) is 3.95. The first kappa shape index (κ1) is 17.6. The molecule has 0 heterocycles. The molecular formula is C17H27FN2O. The maximum Gasteiger partial charge on any atom is 0.127 e. The van der Waals surface area contributed by atoms with E-state index in [4.69, 9.17) is 5.73 Å². The molecule has 3 N–H and O–H groups in total. The van der Waals surface area contributed by atoms with Crippen molar-refractivity contribution in [2.24, 2.45) is 17.6 Å². The molecule has 0 bridgehead atoms. The third-order valence-electron chi connectivity index (χ3n) is 3.95. The molecule has 2 unspecified atom stereocenters. The SMILES string of the molecule is CNc1cc(F)ccc1C(C=O)C(CCN)CCC(C)C. The number of nitrogens with one attached hydrogen (secondary N) is 1. The quantitative estimate of drug-likeness (QED) is 0.685. The molecule has 4 heteroatoms. The molecule has 118 valence electrons. The van der Waals surface area contributed by atoms with Crippen molar-refractivity contribution in [3.05, 3.63) is 29.6 Å². The van der Waals surface area contributed by atoms with Gasteiger partial charge in [0.2, 0.25) is 0 Å². The molecule has 0 aliphatic carbocycles. The maximum absolute atomic E-state index is 13.4. The molecule has 0 aliphatic rings. The number of rotatable bonds is 9. The number of carbonyl (C=O) groups is 1. The van der Waals surface area contributed by atoms with Gasteiger partial charge < -0.3 is 15.8 Å². The molecule has 0 saturated carbocycles. The van der Waals surface area contributed by atoms with E-state index in [1.807, 2.05) is 0 Å². The van der Waals surface area contributed by atoms with Crippen LogP contribution in [-0.4, -0.2) is 19.9 Å². The molecule has 0 spiro atoms. The summed E-state index contributed by atoms with van der Waals surface area (Å²) in [6, 6.07) is 4.56. The van der Waals surface area contributed by atoms with Gasteiger partial charge in [0.15, 0.2) is 0 Å². The first-order chi connectivity index (χ1) is 10.0. The summed E-state index contributed by atoms with van der Waals surface area (Å²) in [5, 5.41) is 2.98. The molecule has 3 nitrogen and oxygen atoms in total. The van der Waals surface area contributed by atoms with Crippen molar-refractivity contribution in [2.75, 3.05) is 18.9 Å². The lowest BCUT2D eigenvalue weighted by atomic mass is 9.80. The van der Waals surface area contributed by atoms with Crippen molar-refractivity contribution >= 4 is 12.0 Å². The number of benzene rings is 1. The number of hydrogen-bond acceptors (Lipinski definition) is 3. The van der Waals surface area contributed by atoms with Crippen LogP contribution in [0.5, 0.6) is 0 Å². The maximum atomic E-state index is 13.4. The third kappa shape index (κ3) is 5.12. The second kappa shape index (κ2) is 8.78. The van der Waals surface area contributed by atoms with Crippen LogP contribution in [0.2, 0.25) is 0 Å². The summed E-state index contributed by atoms with van der Waals surface area (Å²) in [4.78, 5) is 11.7. The molecule has 0 amide bonds. The molecule has 0 aliphatic heterocycles. The van der Waals surface area contributed by atoms with E-state index in [0.29, 0.717) is 18.2 Å². The summed E-state index contributed by atoms with van der Waals surface area (Å²) in [6.45, 7) is 4.90. The lowest BCUT2D eigenvalue weighted by Crippen LogP contribution is -2.20. The number of halogens is 1. The highest BCUT2D eigenvalue weighted by atomic mass is 19.1. The largest absolute Gasteiger partial charge is 0.388 e. The normalized spacial score (nSPS) is 14.0. The summed E-state index contributed by atoms with van der Waals surface area (Å²) in [5.41, 5.74) is 7.25. The zero-order chi connectivity index (χ0) is 15.8. The minimum atomic E-state index is -0.301. The van der Waals surface area contributed by atoms with Gasteiger partial charge in [0, 0.05) is 18.7 Å². The zero-order valence-corrected chi connectivity index (χ0v) is 13.2. The molecule has 1 rings (SSSR count). The number of nitrogens with two attached hydrogens (primary N) is 1. The van der Waals surface area contributed by atoms with E-state index < -0.39 is 0 Å². The highest BCUT2D eigenvalue weighted by Gasteiger charge is 2.24. The fourth-order valence-corrected chi connectivity index (χ4v) is 2.74. The minimum Gasteiger partial charge on any atom is -0.388 e. The van der Waals surface area contributed by atoms with E-state index in [9.17, 15) is 9.18 Å². The van der Waals surface area contributed by atoms with Crippen LogP contribution in [0.1, 0.15) is 44.6 Å². The average molecular weight is 294 g/mol.